The summed E-state index contributed by atoms with van der Waals surface area (Å²) < 4.78 is 11.3. The molecule has 3 aromatic carbocycles. The number of hydrogen-bond donors (Lipinski definition) is 1. The van der Waals surface area contributed by atoms with E-state index in [4.69, 9.17) is 9.47 Å². The minimum Gasteiger partial charge on any atom is -0.493 e. The fraction of sp³-hybridized carbons (Fsp3) is 0.371. The number of aromatic amines is 1. The first-order valence-corrected chi connectivity index (χ1v) is 14.2. The Kier molecular flexibility index (Phi) is 8.91. The quantitative estimate of drug-likeness (QED) is 0.216. The molecular formula is C35H42N2O4. The minimum atomic E-state index is -0.852. The lowest BCUT2D eigenvalue weighted by Gasteiger charge is -2.34. The zero-order valence-corrected chi connectivity index (χ0v) is 25.5. The van der Waals surface area contributed by atoms with Crippen LogP contribution < -0.4 is 14.4 Å². The van der Waals surface area contributed by atoms with Crippen LogP contribution in [0, 0.1) is 12.3 Å². The Balaban J connectivity index is 1.90. The number of carbonyl (C=O) groups excluding carboxylic acids is 2. The Morgan fingerprint density at radius 3 is 2.22 bits per heavy atom. The van der Waals surface area contributed by atoms with Crippen LogP contribution in [0.4, 0.5) is 5.69 Å². The topological polar surface area (TPSA) is 71.6 Å². The van der Waals surface area contributed by atoms with E-state index in [2.05, 4.69) is 18.8 Å². The summed E-state index contributed by atoms with van der Waals surface area (Å²) in [6, 6.07) is 18.8. The van der Waals surface area contributed by atoms with Gasteiger partial charge in [0.2, 0.25) is 5.91 Å². The number of nitrogens with zero attached hydrogens (tertiary/aromatic N) is 1. The van der Waals surface area contributed by atoms with Gasteiger partial charge in [-0.05, 0) is 70.8 Å². The molecule has 0 fully saturated rings. The average Bonchev–Trinajstić information content (AvgIpc) is 3.32. The van der Waals surface area contributed by atoms with Crippen LogP contribution in [0.1, 0.15) is 75.3 Å². The second-order valence-electron chi connectivity index (χ2n) is 12.2. The fourth-order valence-corrected chi connectivity index (χ4v) is 5.42. The molecule has 1 aromatic heterocycles. The summed E-state index contributed by atoms with van der Waals surface area (Å²) in [6.07, 6.45) is 2.32. The van der Waals surface area contributed by atoms with Crippen LogP contribution in [-0.4, -0.2) is 30.9 Å². The van der Waals surface area contributed by atoms with Gasteiger partial charge in [0.1, 0.15) is 6.04 Å². The van der Waals surface area contributed by atoms with Gasteiger partial charge in [-0.3, -0.25) is 14.5 Å². The lowest BCUT2D eigenvalue weighted by atomic mass is 9.85. The number of amides is 1. The van der Waals surface area contributed by atoms with Crippen LogP contribution in [0.2, 0.25) is 0 Å². The van der Waals surface area contributed by atoms with Gasteiger partial charge < -0.3 is 14.5 Å². The molecule has 0 aliphatic rings. The Bertz CT molecular complexity index is 1530. The van der Waals surface area contributed by atoms with Gasteiger partial charge in [-0.2, -0.15) is 0 Å². The number of para-hydroxylation sites is 1. The molecule has 1 amide bonds. The molecule has 0 bridgehead atoms. The molecule has 6 heteroatoms. The van der Waals surface area contributed by atoms with E-state index in [0.717, 1.165) is 27.6 Å². The number of Topliss-reactive ketones (excluding diaryl/α,β-unsaturated/α-hetero) is 1. The third-order valence-electron chi connectivity index (χ3n) is 7.39. The van der Waals surface area contributed by atoms with E-state index < -0.39 is 6.04 Å². The molecule has 6 nitrogen and oxygen atoms in total. The van der Waals surface area contributed by atoms with E-state index in [1.54, 1.807) is 19.1 Å². The average molecular weight is 555 g/mol. The summed E-state index contributed by atoms with van der Waals surface area (Å²) in [4.78, 5) is 33.6. The number of nitrogens with one attached hydrogen (secondary N) is 1. The van der Waals surface area contributed by atoms with E-state index in [-0.39, 0.29) is 23.5 Å². The highest BCUT2D eigenvalue weighted by Gasteiger charge is 2.35. The summed E-state index contributed by atoms with van der Waals surface area (Å²) in [7, 11) is 3.18. The third-order valence-corrected chi connectivity index (χ3v) is 7.39. The number of anilines is 1. The molecule has 1 unspecified atom stereocenters. The van der Waals surface area contributed by atoms with Crippen molar-refractivity contribution in [2.24, 2.45) is 5.41 Å². The van der Waals surface area contributed by atoms with Gasteiger partial charge >= 0.3 is 0 Å². The highest BCUT2D eigenvalue weighted by molar-refractivity contribution is 6.04. The van der Waals surface area contributed by atoms with Crippen molar-refractivity contribution in [3.8, 4) is 11.5 Å². The van der Waals surface area contributed by atoms with Gasteiger partial charge in [0, 0.05) is 29.2 Å². The summed E-state index contributed by atoms with van der Waals surface area (Å²) >= 11 is 0. The first-order valence-electron chi connectivity index (χ1n) is 14.2. The Labute approximate surface area is 243 Å². The maximum absolute atomic E-state index is 14.4. The molecule has 1 N–H and O–H groups in total. The van der Waals surface area contributed by atoms with Crippen LogP contribution in [0.25, 0.3) is 10.9 Å². The predicted octanol–water partition coefficient (Wildman–Crippen LogP) is 7.94. The molecule has 0 radical (unpaired) electrons. The van der Waals surface area contributed by atoms with Crippen LogP contribution in [0.15, 0.2) is 66.9 Å². The molecule has 0 saturated heterocycles. The van der Waals surface area contributed by atoms with Gasteiger partial charge in [-0.15, -0.1) is 0 Å². The largest absolute Gasteiger partial charge is 0.493 e. The highest BCUT2D eigenvalue weighted by atomic mass is 16.5. The molecule has 216 valence electrons. The molecule has 0 saturated carbocycles. The Morgan fingerprint density at radius 1 is 0.927 bits per heavy atom. The molecule has 41 heavy (non-hydrogen) atoms. The number of hydrogen-bond acceptors (Lipinski definition) is 4. The maximum Gasteiger partial charge on any atom is 0.232 e. The number of carbonyl (C=O) groups is 2. The van der Waals surface area contributed by atoms with Crippen molar-refractivity contribution in [3.05, 3.63) is 89.1 Å². The Morgan fingerprint density at radius 2 is 1.61 bits per heavy atom. The standard InChI is InChI=1S/C35H42N2O4/c1-22(2)24-13-15-27(16-14-24)37(32(39)19-26-21-36-29-12-10-9-11-28(26)29)33(30(38)20-35(4,5)6)25-17-23(3)34(41-8)31(18-25)40-7/h9-18,21-22,33,36H,19-20H2,1-8H3. The van der Waals surface area contributed by atoms with Gasteiger partial charge in [-0.1, -0.05) is 65.0 Å². The zero-order valence-electron chi connectivity index (χ0n) is 25.5. The molecule has 4 rings (SSSR count). The van der Waals surface area contributed by atoms with Crippen molar-refractivity contribution in [2.75, 3.05) is 19.1 Å². The van der Waals surface area contributed by atoms with Gasteiger partial charge in [0.05, 0.1) is 20.6 Å². The lowest BCUT2D eigenvalue weighted by molar-refractivity contribution is -0.126. The summed E-state index contributed by atoms with van der Waals surface area (Å²) in [6.45, 7) is 12.3. The second kappa shape index (κ2) is 12.2. The second-order valence-corrected chi connectivity index (χ2v) is 12.2. The van der Waals surface area contributed by atoms with Crippen molar-refractivity contribution in [2.45, 2.75) is 66.3 Å². The molecule has 0 aliphatic carbocycles. The van der Waals surface area contributed by atoms with E-state index in [9.17, 15) is 9.59 Å². The normalized spacial score (nSPS) is 12.4. The molecule has 1 atom stereocenters. The van der Waals surface area contributed by atoms with Crippen molar-refractivity contribution in [3.63, 3.8) is 0 Å². The monoisotopic (exact) mass is 554 g/mol. The maximum atomic E-state index is 14.4. The number of H-pyrrole nitrogens is 1. The number of ether oxygens (including phenoxy) is 2. The number of fused-ring (bicyclic) bond motifs is 1. The van der Waals surface area contributed by atoms with Gasteiger partial charge in [0.25, 0.3) is 0 Å². The first kappa shape index (κ1) is 29.9. The number of aryl methyl sites for hydroxylation is 1. The number of ketones is 1. The molecule has 0 aliphatic heterocycles. The molecular weight excluding hydrogens is 512 g/mol. The SMILES string of the molecule is COc1cc(C(C(=O)CC(C)(C)C)N(C(=O)Cc2c[nH]c3ccccc23)c2ccc(C(C)C)cc2)cc(C)c1OC. The molecule has 0 spiro atoms. The van der Waals surface area contributed by atoms with Crippen molar-refractivity contribution < 1.29 is 19.1 Å². The van der Waals surface area contributed by atoms with Gasteiger partial charge in [0.15, 0.2) is 17.3 Å². The first-order chi connectivity index (χ1) is 19.4. The van der Waals surface area contributed by atoms with Crippen LogP contribution in [-0.2, 0) is 16.0 Å². The molecule has 4 aromatic rings. The van der Waals surface area contributed by atoms with Crippen LogP contribution >= 0.6 is 0 Å². The Hall–Kier alpha value is -4.06. The van der Waals surface area contributed by atoms with Gasteiger partial charge in [-0.25, -0.2) is 0 Å². The summed E-state index contributed by atoms with van der Waals surface area (Å²) in [5.74, 6) is 1.27. The number of methoxy groups -OCH3 is 2. The minimum absolute atomic E-state index is 0.0377. The highest BCUT2D eigenvalue weighted by Crippen LogP contribution is 2.39. The fourth-order valence-electron chi connectivity index (χ4n) is 5.42. The van der Waals surface area contributed by atoms with Crippen molar-refractivity contribution in [1.29, 1.82) is 0 Å². The van der Waals surface area contributed by atoms with E-state index in [1.807, 2.05) is 94.6 Å². The lowest BCUT2D eigenvalue weighted by Crippen LogP contribution is -2.41. The molecule has 1 heterocycles. The summed E-state index contributed by atoms with van der Waals surface area (Å²) in [5, 5.41) is 0.996. The summed E-state index contributed by atoms with van der Waals surface area (Å²) in [5.41, 5.74) is 4.95. The smallest absolute Gasteiger partial charge is 0.232 e. The number of aromatic nitrogens is 1. The van der Waals surface area contributed by atoms with E-state index >= 15 is 0 Å². The number of benzene rings is 3. The third kappa shape index (κ3) is 6.64. The van der Waals surface area contributed by atoms with E-state index in [0.29, 0.717) is 35.1 Å². The number of rotatable bonds is 10. The zero-order chi connectivity index (χ0) is 29.9. The van der Waals surface area contributed by atoms with Crippen LogP contribution in [0.5, 0.6) is 11.5 Å². The van der Waals surface area contributed by atoms with E-state index in [1.165, 1.54) is 0 Å². The predicted molar refractivity (Wildman–Crippen MR) is 166 cm³/mol. The van der Waals surface area contributed by atoms with Crippen molar-refractivity contribution >= 4 is 28.3 Å². The van der Waals surface area contributed by atoms with Crippen LogP contribution in [0.3, 0.4) is 0 Å². The van der Waals surface area contributed by atoms with Crippen molar-refractivity contribution in [1.82, 2.24) is 4.98 Å².